The maximum Gasteiger partial charge on any atom is 0.310 e. The Labute approximate surface area is 96.4 Å². The number of aromatic nitrogens is 1. The van der Waals surface area contributed by atoms with E-state index in [1.165, 1.54) is 13.2 Å². The molecule has 0 aliphatic heterocycles. The molecule has 1 aromatic rings. The van der Waals surface area contributed by atoms with E-state index in [9.17, 15) is 13.6 Å². The lowest BCUT2D eigenvalue weighted by atomic mass is 10.1. The van der Waals surface area contributed by atoms with Crippen LogP contribution in [0, 0.1) is 6.92 Å². The Hall–Kier alpha value is -1.23. The van der Waals surface area contributed by atoms with E-state index in [4.69, 9.17) is 11.6 Å². The van der Waals surface area contributed by atoms with Gasteiger partial charge in [-0.15, -0.1) is 0 Å². The Morgan fingerprint density at radius 3 is 2.75 bits per heavy atom. The predicted octanol–water partition coefficient (Wildman–Crippen LogP) is 2.70. The number of esters is 1. The smallest absolute Gasteiger partial charge is 0.310 e. The molecule has 1 heterocycles. The van der Waals surface area contributed by atoms with E-state index in [1.54, 1.807) is 6.92 Å². The number of nitrogens with zero attached hydrogens (tertiary/aromatic N) is 1. The number of ether oxygens (including phenoxy) is 1. The van der Waals surface area contributed by atoms with Crippen LogP contribution in [0.3, 0.4) is 0 Å². The van der Waals surface area contributed by atoms with Crippen LogP contribution in [-0.2, 0) is 16.0 Å². The number of methoxy groups -OCH3 is 1. The van der Waals surface area contributed by atoms with E-state index in [1.807, 2.05) is 0 Å². The number of rotatable bonds is 3. The number of halogens is 3. The third-order valence-corrected chi connectivity index (χ3v) is 2.40. The molecule has 0 N–H and O–H groups in total. The Morgan fingerprint density at radius 1 is 1.62 bits per heavy atom. The largest absolute Gasteiger partial charge is 0.469 e. The van der Waals surface area contributed by atoms with Gasteiger partial charge in [0.25, 0.3) is 6.43 Å². The van der Waals surface area contributed by atoms with Crippen LogP contribution in [0.25, 0.3) is 0 Å². The van der Waals surface area contributed by atoms with Gasteiger partial charge in [-0.05, 0) is 18.6 Å². The molecule has 16 heavy (non-hydrogen) atoms. The number of hydrogen-bond acceptors (Lipinski definition) is 3. The normalized spacial score (nSPS) is 10.6. The molecule has 0 spiro atoms. The van der Waals surface area contributed by atoms with Crippen LogP contribution in [0.4, 0.5) is 8.78 Å². The molecule has 1 rings (SSSR count). The first kappa shape index (κ1) is 12.8. The van der Waals surface area contributed by atoms with Gasteiger partial charge in [-0.1, -0.05) is 11.6 Å². The third-order valence-electron chi connectivity index (χ3n) is 2.10. The van der Waals surface area contributed by atoms with Crippen molar-refractivity contribution in [1.29, 1.82) is 0 Å². The highest BCUT2D eigenvalue weighted by atomic mass is 35.5. The first-order valence-corrected chi connectivity index (χ1v) is 4.84. The fourth-order valence-electron chi connectivity index (χ4n) is 1.19. The molecular formula is C10H10ClF2NO2. The fraction of sp³-hybridized carbons (Fsp3) is 0.400. The molecule has 88 valence electrons. The molecule has 0 atom stereocenters. The van der Waals surface area contributed by atoms with Crippen molar-refractivity contribution in [3.63, 3.8) is 0 Å². The van der Waals surface area contributed by atoms with Crippen molar-refractivity contribution in [2.24, 2.45) is 0 Å². The molecule has 0 saturated heterocycles. The van der Waals surface area contributed by atoms with Gasteiger partial charge in [-0.25, -0.2) is 13.8 Å². The van der Waals surface area contributed by atoms with Crippen LogP contribution in [-0.4, -0.2) is 18.1 Å². The number of pyridine rings is 1. The van der Waals surface area contributed by atoms with Crippen LogP contribution in [0.2, 0.25) is 5.15 Å². The Kier molecular flexibility index (Phi) is 4.18. The number of aryl methyl sites for hydroxylation is 1. The van der Waals surface area contributed by atoms with Gasteiger partial charge >= 0.3 is 5.97 Å². The van der Waals surface area contributed by atoms with Crippen LogP contribution in [0.15, 0.2) is 6.07 Å². The molecule has 0 aliphatic rings. The van der Waals surface area contributed by atoms with Crippen molar-refractivity contribution in [2.45, 2.75) is 19.8 Å². The summed E-state index contributed by atoms with van der Waals surface area (Å²) in [6.07, 6.45) is -2.80. The quantitative estimate of drug-likeness (QED) is 0.611. The highest BCUT2D eigenvalue weighted by Gasteiger charge is 2.17. The predicted molar refractivity (Wildman–Crippen MR) is 54.7 cm³/mol. The summed E-state index contributed by atoms with van der Waals surface area (Å²) in [7, 11) is 1.23. The summed E-state index contributed by atoms with van der Waals surface area (Å²) in [4.78, 5) is 14.8. The number of carbonyl (C=O) groups is 1. The maximum absolute atomic E-state index is 12.5. The zero-order valence-electron chi connectivity index (χ0n) is 8.76. The molecule has 1 aromatic heterocycles. The molecule has 0 aromatic carbocycles. The van der Waals surface area contributed by atoms with Gasteiger partial charge in [-0.2, -0.15) is 0 Å². The van der Waals surface area contributed by atoms with Crippen LogP contribution in [0.5, 0.6) is 0 Å². The zero-order chi connectivity index (χ0) is 12.3. The molecular weight excluding hydrogens is 240 g/mol. The van der Waals surface area contributed by atoms with Gasteiger partial charge in [0.2, 0.25) is 0 Å². The van der Waals surface area contributed by atoms with E-state index in [-0.39, 0.29) is 17.1 Å². The van der Waals surface area contributed by atoms with Crippen molar-refractivity contribution in [3.05, 3.63) is 28.0 Å². The Bertz CT molecular complexity index is 410. The average Bonchev–Trinajstić information content (AvgIpc) is 2.21. The summed E-state index contributed by atoms with van der Waals surface area (Å²) >= 11 is 5.56. The standard InChI is InChI=1S/C10H10ClF2NO2/c1-5-6(4-8(15)16-2)3-7(10(12)13)9(11)14-5/h3,10H,4H2,1-2H3. The van der Waals surface area contributed by atoms with Crippen LogP contribution >= 0.6 is 11.6 Å². The summed E-state index contributed by atoms with van der Waals surface area (Å²) in [5.41, 5.74) is 0.470. The van der Waals surface area contributed by atoms with Crippen LogP contribution in [0.1, 0.15) is 23.2 Å². The summed E-state index contributed by atoms with van der Waals surface area (Å²) in [5, 5.41) is -0.235. The minimum Gasteiger partial charge on any atom is -0.469 e. The first-order chi connectivity index (χ1) is 7.45. The molecule has 0 radical (unpaired) electrons. The van der Waals surface area contributed by atoms with Gasteiger partial charge in [0.05, 0.1) is 19.1 Å². The molecule has 6 heteroatoms. The van der Waals surface area contributed by atoms with Gasteiger partial charge in [0.15, 0.2) is 0 Å². The summed E-state index contributed by atoms with van der Waals surface area (Å²) < 4.78 is 29.5. The van der Waals surface area contributed by atoms with E-state index >= 15 is 0 Å². The van der Waals surface area contributed by atoms with Crippen molar-refractivity contribution in [2.75, 3.05) is 7.11 Å². The lowest BCUT2D eigenvalue weighted by molar-refractivity contribution is -0.139. The highest BCUT2D eigenvalue weighted by molar-refractivity contribution is 6.30. The lowest BCUT2D eigenvalue weighted by Gasteiger charge is -2.08. The van der Waals surface area contributed by atoms with Crippen molar-refractivity contribution in [3.8, 4) is 0 Å². The molecule has 0 amide bonds. The first-order valence-electron chi connectivity index (χ1n) is 4.46. The van der Waals surface area contributed by atoms with Crippen molar-refractivity contribution in [1.82, 2.24) is 4.98 Å². The summed E-state index contributed by atoms with van der Waals surface area (Å²) in [6, 6.07) is 1.19. The molecule has 0 unspecified atom stereocenters. The molecule has 3 nitrogen and oxygen atoms in total. The minimum absolute atomic E-state index is 0.0910. The average molecular weight is 250 g/mol. The Balaban J connectivity index is 3.09. The maximum atomic E-state index is 12.5. The van der Waals surface area contributed by atoms with E-state index in [0.29, 0.717) is 11.3 Å². The lowest BCUT2D eigenvalue weighted by Crippen LogP contribution is -2.08. The third kappa shape index (κ3) is 2.88. The number of hydrogen-bond donors (Lipinski definition) is 0. The monoisotopic (exact) mass is 249 g/mol. The SMILES string of the molecule is COC(=O)Cc1cc(C(F)F)c(Cl)nc1C. The number of alkyl halides is 2. The van der Waals surface area contributed by atoms with Gasteiger partial charge in [0, 0.05) is 5.69 Å². The minimum atomic E-state index is -2.71. The molecule has 0 bridgehead atoms. The van der Waals surface area contributed by atoms with Crippen molar-refractivity contribution < 1.29 is 18.3 Å². The van der Waals surface area contributed by atoms with Gasteiger partial charge in [0.1, 0.15) is 5.15 Å². The van der Waals surface area contributed by atoms with E-state index < -0.39 is 12.4 Å². The van der Waals surface area contributed by atoms with E-state index in [0.717, 1.165) is 0 Å². The van der Waals surface area contributed by atoms with Crippen molar-refractivity contribution >= 4 is 17.6 Å². The summed E-state index contributed by atoms with van der Waals surface area (Å²) in [5.74, 6) is -0.507. The Morgan fingerprint density at radius 2 is 2.25 bits per heavy atom. The second-order valence-corrected chi connectivity index (χ2v) is 3.52. The van der Waals surface area contributed by atoms with E-state index in [2.05, 4.69) is 9.72 Å². The van der Waals surface area contributed by atoms with Gasteiger partial charge in [-0.3, -0.25) is 4.79 Å². The van der Waals surface area contributed by atoms with Gasteiger partial charge < -0.3 is 4.74 Å². The summed E-state index contributed by atoms with van der Waals surface area (Å²) in [6.45, 7) is 1.60. The molecule has 0 aliphatic carbocycles. The van der Waals surface area contributed by atoms with Crippen LogP contribution < -0.4 is 0 Å². The molecule has 0 fully saturated rings. The second-order valence-electron chi connectivity index (χ2n) is 3.17. The zero-order valence-corrected chi connectivity index (χ0v) is 9.52. The number of carbonyl (C=O) groups excluding carboxylic acids is 1. The highest BCUT2D eigenvalue weighted by Crippen LogP contribution is 2.27. The topological polar surface area (TPSA) is 39.2 Å². The molecule has 0 saturated carbocycles. The fourth-order valence-corrected chi connectivity index (χ4v) is 1.46. The second kappa shape index (κ2) is 5.21.